The summed E-state index contributed by atoms with van der Waals surface area (Å²) >= 11 is 0. The van der Waals surface area contributed by atoms with Gasteiger partial charge in [0.25, 0.3) is 5.56 Å². The van der Waals surface area contributed by atoms with Gasteiger partial charge in [0, 0.05) is 31.6 Å². The van der Waals surface area contributed by atoms with E-state index in [0.717, 1.165) is 53.6 Å². The summed E-state index contributed by atoms with van der Waals surface area (Å²) in [6.07, 6.45) is 2.11. The van der Waals surface area contributed by atoms with Crippen LogP contribution in [0.4, 0.5) is 5.82 Å². The molecule has 2 aromatic rings. The maximum absolute atomic E-state index is 12.9. The summed E-state index contributed by atoms with van der Waals surface area (Å²) in [5, 5.41) is 1.75. The number of rotatable bonds is 6. The summed E-state index contributed by atoms with van der Waals surface area (Å²) in [5.74, 6) is 0.983. The summed E-state index contributed by atoms with van der Waals surface area (Å²) in [6.45, 7) is 10.2. The van der Waals surface area contributed by atoms with Gasteiger partial charge >= 0.3 is 0 Å². The SMILES string of the molecule is CCCN(CCC)c1cc2c(C(C)N)cc(C)cc2c(=O)n1C. The largest absolute Gasteiger partial charge is 0.358 e. The average Bonchev–Trinajstić information content (AvgIpc) is 2.50. The molecule has 0 amide bonds. The number of hydrogen-bond acceptors (Lipinski definition) is 3. The van der Waals surface area contributed by atoms with Gasteiger partial charge in [-0.05, 0) is 55.3 Å². The Bertz CT molecular complexity index is 740. The van der Waals surface area contributed by atoms with Crippen LogP contribution >= 0.6 is 0 Å². The lowest BCUT2D eigenvalue weighted by Crippen LogP contribution is -2.32. The number of nitrogens with zero attached hydrogens (tertiary/aromatic N) is 2. The van der Waals surface area contributed by atoms with Gasteiger partial charge in [-0.25, -0.2) is 0 Å². The number of pyridine rings is 1. The molecule has 0 saturated heterocycles. The van der Waals surface area contributed by atoms with Crippen LogP contribution in [0.1, 0.15) is 50.8 Å². The van der Waals surface area contributed by atoms with Crippen molar-refractivity contribution in [1.82, 2.24) is 4.57 Å². The third-order valence-electron chi connectivity index (χ3n) is 4.31. The second kappa shape index (κ2) is 7.18. The highest BCUT2D eigenvalue weighted by Crippen LogP contribution is 2.27. The Kier molecular flexibility index (Phi) is 5.47. The molecule has 0 bridgehead atoms. The third kappa shape index (κ3) is 3.42. The van der Waals surface area contributed by atoms with E-state index in [1.807, 2.05) is 27.0 Å². The van der Waals surface area contributed by atoms with E-state index in [9.17, 15) is 4.79 Å². The van der Waals surface area contributed by atoms with Crippen molar-refractivity contribution in [3.63, 3.8) is 0 Å². The Balaban J connectivity index is 2.77. The molecule has 4 nitrogen and oxygen atoms in total. The number of hydrogen-bond donors (Lipinski definition) is 1. The Morgan fingerprint density at radius 3 is 2.26 bits per heavy atom. The summed E-state index contributed by atoms with van der Waals surface area (Å²) in [6, 6.07) is 6.11. The lowest BCUT2D eigenvalue weighted by molar-refractivity contribution is 0.702. The van der Waals surface area contributed by atoms with Crippen LogP contribution < -0.4 is 16.2 Å². The van der Waals surface area contributed by atoms with Gasteiger partial charge in [0.05, 0.1) is 0 Å². The normalized spacial score (nSPS) is 12.6. The van der Waals surface area contributed by atoms with Crippen molar-refractivity contribution in [2.45, 2.75) is 46.6 Å². The fourth-order valence-corrected chi connectivity index (χ4v) is 3.24. The lowest BCUT2D eigenvalue weighted by atomic mass is 9.98. The predicted octanol–water partition coefficient (Wildman–Crippen LogP) is 3.49. The zero-order chi connectivity index (χ0) is 17.1. The first-order valence-corrected chi connectivity index (χ1v) is 8.55. The van der Waals surface area contributed by atoms with Gasteiger partial charge in [-0.15, -0.1) is 0 Å². The van der Waals surface area contributed by atoms with Crippen molar-refractivity contribution in [1.29, 1.82) is 0 Å². The van der Waals surface area contributed by atoms with Crippen molar-refractivity contribution in [2.24, 2.45) is 12.8 Å². The molecule has 2 rings (SSSR count). The smallest absolute Gasteiger partial charge is 0.259 e. The van der Waals surface area contributed by atoms with Gasteiger partial charge in [0.2, 0.25) is 0 Å². The second-order valence-electron chi connectivity index (χ2n) is 6.46. The lowest BCUT2D eigenvalue weighted by Gasteiger charge is -2.27. The molecule has 0 aliphatic heterocycles. The molecule has 0 spiro atoms. The maximum Gasteiger partial charge on any atom is 0.259 e. The van der Waals surface area contributed by atoms with E-state index < -0.39 is 0 Å². The molecule has 1 aromatic heterocycles. The summed E-state index contributed by atoms with van der Waals surface area (Å²) in [5.41, 5.74) is 8.34. The maximum atomic E-state index is 12.9. The number of aryl methyl sites for hydroxylation is 1. The van der Waals surface area contributed by atoms with Gasteiger partial charge in [0.15, 0.2) is 0 Å². The average molecular weight is 315 g/mol. The van der Waals surface area contributed by atoms with Gasteiger partial charge in [-0.1, -0.05) is 19.9 Å². The van der Waals surface area contributed by atoms with Crippen LogP contribution in [-0.2, 0) is 7.05 Å². The van der Waals surface area contributed by atoms with Crippen LogP contribution in [0, 0.1) is 6.92 Å². The molecule has 0 aliphatic rings. The Labute approximate surface area is 138 Å². The van der Waals surface area contributed by atoms with Crippen LogP contribution in [0.25, 0.3) is 10.8 Å². The summed E-state index contributed by atoms with van der Waals surface area (Å²) < 4.78 is 1.78. The van der Waals surface area contributed by atoms with E-state index in [2.05, 4.69) is 30.9 Å². The van der Waals surface area contributed by atoms with Crippen LogP contribution in [0.3, 0.4) is 0 Å². The molecule has 4 heteroatoms. The van der Waals surface area contributed by atoms with Gasteiger partial charge < -0.3 is 10.6 Å². The van der Waals surface area contributed by atoms with Gasteiger partial charge in [0.1, 0.15) is 5.82 Å². The highest BCUT2D eigenvalue weighted by atomic mass is 16.1. The molecule has 0 radical (unpaired) electrons. The fraction of sp³-hybridized carbons (Fsp3) is 0.526. The molecule has 1 atom stereocenters. The van der Waals surface area contributed by atoms with Gasteiger partial charge in [-0.2, -0.15) is 0 Å². The molecule has 0 aliphatic carbocycles. The van der Waals surface area contributed by atoms with E-state index in [1.54, 1.807) is 4.57 Å². The van der Waals surface area contributed by atoms with E-state index in [1.165, 1.54) is 0 Å². The van der Waals surface area contributed by atoms with E-state index >= 15 is 0 Å². The first-order chi connectivity index (χ1) is 10.9. The summed E-state index contributed by atoms with van der Waals surface area (Å²) in [7, 11) is 1.86. The Morgan fingerprint density at radius 1 is 1.13 bits per heavy atom. The molecule has 2 N–H and O–H groups in total. The van der Waals surface area contributed by atoms with Gasteiger partial charge in [-0.3, -0.25) is 9.36 Å². The molecule has 1 unspecified atom stereocenters. The molecule has 1 aromatic carbocycles. The molecule has 23 heavy (non-hydrogen) atoms. The highest BCUT2D eigenvalue weighted by Gasteiger charge is 2.16. The minimum atomic E-state index is -0.0943. The second-order valence-corrected chi connectivity index (χ2v) is 6.46. The van der Waals surface area contributed by atoms with E-state index in [4.69, 9.17) is 5.73 Å². The van der Waals surface area contributed by atoms with Crippen molar-refractivity contribution in [2.75, 3.05) is 18.0 Å². The van der Waals surface area contributed by atoms with Crippen molar-refractivity contribution < 1.29 is 0 Å². The molecule has 0 fully saturated rings. The van der Waals surface area contributed by atoms with Crippen molar-refractivity contribution in [3.05, 3.63) is 39.7 Å². The Hall–Kier alpha value is -1.81. The minimum Gasteiger partial charge on any atom is -0.358 e. The monoisotopic (exact) mass is 315 g/mol. The Morgan fingerprint density at radius 2 is 1.74 bits per heavy atom. The molecular weight excluding hydrogens is 286 g/mol. The summed E-state index contributed by atoms with van der Waals surface area (Å²) in [4.78, 5) is 15.2. The topological polar surface area (TPSA) is 51.3 Å². The van der Waals surface area contributed by atoms with Crippen molar-refractivity contribution >= 4 is 16.6 Å². The minimum absolute atomic E-state index is 0.0558. The zero-order valence-corrected chi connectivity index (χ0v) is 15.0. The van der Waals surface area contributed by atoms with Crippen LogP contribution in [-0.4, -0.2) is 17.7 Å². The number of anilines is 1. The number of fused-ring (bicyclic) bond motifs is 1. The quantitative estimate of drug-likeness (QED) is 0.887. The molecule has 126 valence electrons. The third-order valence-corrected chi connectivity index (χ3v) is 4.31. The number of benzene rings is 1. The zero-order valence-electron chi connectivity index (χ0n) is 15.0. The van der Waals surface area contributed by atoms with Crippen molar-refractivity contribution in [3.8, 4) is 0 Å². The highest BCUT2D eigenvalue weighted by molar-refractivity contribution is 5.88. The van der Waals surface area contributed by atoms with Crippen LogP contribution in [0.15, 0.2) is 23.0 Å². The standard InChI is InChI=1S/C19H29N3O/c1-6-8-22(9-7-2)18-12-16-15(14(4)20)10-13(3)11-17(16)19(23)21(18)5/h10-12,14H,6-9,20H2,1-5H3. The molecule has 1 heterocycles. The van der Waals surface area contributed by atoms with Crippen LogP contribution in [0.2, 0.25) is 0 Å². The number of aromatic nitrogens is 1. The first-order valence-electron chi connectivity index (χ1n) is 8.55. The predicted molar refractivity (Wildman–Crippen MR) is 99.3 cm³/mol. The van der Waals surface area contributed by atoms with E-state index in [-0.39, 0.29) is 11.6 Å². The first kappa shape index (κ1) is 17.5. The molecular formula is C19H29N3O. The molecule has 0 saturated carbocycles. The van der Waals surface area contributed by atoms with Crippen LogP contribution in [0.5, 0.6) is 0 Å². The fourth-order valence-electron chi connectivity index (χ4n) is 3.24. The van der Waals surface area contributed by atoms with E-state index in [0.29, 0.717) is 0 Å². The number of nitrogens with two attached hydrogens (primary N) is 1.